The lowest BCUT2D eigenvalue weighted by atomic mass is 10.1. The Morgan fingerprint density at radius 3 is 2.73 bits per heavy atom. The zero-order chi connectivity index (χ0) is 21.3. The lowest BCUT2D eigenvalue weighted by molar-refractivity contribution is -0.120. The SMILES string of the molecule is CN1C(=O)C(NC(=O)n2cc(Cc3ccccc3)cn2)CCc2cc(F)cc(F)c21. The van der Waals surface area contributed by atoms with Crippen LogP contribution in [0, 0.1) is 11.6 Å². The summed E-state index contributed by atoms with van der Waals surface area (Å²) in [6, 6.07) is 10.3. The number of nitrogens with zero attached hydrogens (tertiary/aromatic N) is 3. The Labute approximate surface area is 172 Å². The van der Waals surface area contributed by atoms with Gasteiger partial charge < -0.3 is 10.2 Å². The Hall–Kier alpha value is -3.55. The number of aryl methyl sites for hydroxylation is 1. The van der Waals surface area contributed by atoms with Crippen molar-refractivity contribution in [3.05, 3.63) is 83.2 Å². The van der Waals surface area contributed by atoms with Gasteiger partial charge in [-0.15, -0.1) is 0 Å². The van der Waals surface area contributed by atoms with Gasteiger partial charge in [0.15, 0.2) is 0 Å². The summed E-state index contributed by atoms with van der Waals surface area (Å²) in [6.07, 6.45) is 4.31. The number of carbonyl (C=O) groups excluding carboxylic acids is 2. The van der Waals surface area contributed by atoms with Gasteiger partial charge >= 0.3 is 6.03 Å². The molecule has 2 aromatic carbocycles. The molecule has 1 N–H and O–H groups in total. The fraction of sp³-hybridized carbons (Fsp3) is 0.227. The highest BCUT2D eigenvalue weighted by atomic mass is 19.1. The van der Waals surface area contributed by atoms with Crippen molar-refractivity contribution in [1.29, 1.82) is 0 Å². The van der Waals surface area contributed by atoms with Crippen LogP contribution in [0.2, 0.25) is 0 Å². The van der Waals surface area contributed by atoms with Crippen molar-refractivity contribution in [2.45, 2.75) is 25.3 Å². The number of fused-ring (bicyclic) bond motifs is 1. The first-order valence-corrected chi connectivity index (χ1v) is 9.56. The van der Waals surface area contributed by atoms with E-state index in [1.54, 1.807) is 12.4 Å². The summed E-state index contributed by atoms with van der Waals surface area (Å²) in [7, 11) is 1.42. The number of hydrogen-bond acceptors (Lipinski definition) is 3. The predicted octanol–water partition coefficient (Wildman–Crippen LogP) is 3.29. The summed E-state index contributed by atoms with van der Waals surface area (Å²) in [5, 5.41) is 6.74. The average Bonchev–Trinajstić information content (AvgIpc) is 3.14. The predicted molar refractivity (Wildman–Crippen MR) is 107 cm³/mol. The first-order valence-electron chi connectivity index (χ1n) is 9.56. The molecule has 154 valence electrons. The molecule has 2 amide bonds. The number of likely N-dealkylation sites (N-methyl/N-ethyl adjacent to an activating group) is 1. The number of nitrogens with one attached hydrogen (secondary N) is 1. The van der Waals surface area contributed by atoms with Gasteiger partial charge in [-0.2, -0.15) is 9.78 Å². The lowest BCUT2D eigenvalue weighted by Gasteiger charge is -2.22. The maximum absolute atomic E-state index is 14.2. The largest absolute Gasteiger partial charge is 0.342 e. The molecule has 0 radical (unpaired) electrons. The molecule has 0 spiro atoms. The van der Waals surface area contributed by atoms with Crippen molar-refractivity contribution in [2.75, 3.05) is 11.9 Å². The minimum Gasteiger partial charge on any atom is -0.324 e. The van der Waals surface area contributed by atoms with E-state index in [0.717, 1.165) is 26.8 Å². The van der Waals surface area contributed by atoms with Crippen LogP contribution in [0.15, 0.2) is 54.9 Å². The fourth-order valence-electron chi connectivity index (χ4n) is 3.70. The Morgan fingerprint density at radius 1 is 1.20 bits per heavy atom. The molecule has 1 atom stereocenters. The molecule has 1 aromatic heterocycles. The van der Waals surface area contributed by atoms with E-state index >= 15 is 0 Å². The van der Waals surface area contributed by atoms with Gasteiger partial charge in [0.25, 0.3) is 0 Å². The van der Waals surface area contributed by atoms with E-state index in [4.69, 9.17) is 0 Å². The number of aromatic nitrogens is 2. The number of hydrogen-bond donors (Lipinski definition) is 1. The first kappa shape index (κ1) is 19.8. The van der Waals surface area contributed by atoms with E-state index in [9.17, 15) is 18.4 Å². The van der Waals surface area contributed by atoms with Crippen LogP contribution in [0.1, 0.15) is 23.1 Å². The standard InChI is InChI=1S/C22H20F2N4O2/c1-27-20-16(10-17(23)11-18(20)24)7-8-19(21(27)29)26-22(30)28-13-15(12-25-28)9-14-5-3-2-4-6-14/h2-6,10-13,19H,7-9H2,1H3,(H,26,30). The summed E-state index contributed by atoms with van der Waals surface area (Å²) < 4.78 is 29.0. The number of amides is 2. The normalized spacial score (nSPS) is 16.2. The van der Waals surface area contributed by atoms with Gasteiger partial charge in [-0.1, -0.05) is 30.3 Å². The third-order valence-corrected chi connectivity index (χ3v) is 5.17. The van der Waals surface area contributed by atoms with E-state index in [2.05, 4.69) is 10.4 Å². The third kappa shape index (κ3) is 3.94. The van der Waals surface area contributed by atoms with E-state index < -0.39 is 29.6 Å². The van der Waals surface area contributed by atoms with E-state index in [0.29, 0.717) is 12.0 Å². The summed E-state index contributed by atoms with van der Waals surface area (Å²) in [5.41, 5.74) is 2.38. The highest BCUT2D eigenvalue weighted by Crippen LogP contribution is 2.30. The van der Waals surface area contributed by atoms with Crippen molar-refractivity contribution < 1.29 is 18.4 Å². The first-order chi connectivity index (χ1) is 14.4. The quantitative estimate of drug-likeness (QED) is 0.721. The lowest BCUT2D eigenvalue weighted by Crippen LogP contribution is -2.48. The molecule has 4 rings (SSSR count). The molecule has 0 aliphatic carbocycles. The van der Waals surface area contributed by atoms with Gasteiger partial charge in [0.2, 0.25) is 5.91 Å². The van der Waals surface area contributed by atoms with Crippen LogP contribution >= 0.6 is 0 Å². The zero-order valence-electron chi connectivity index (χ0n) is 16.3. The molecule has 0 fully saturated rings. The molecule has 1 aliphatic heterocycles. The second-order valence-electron chi connectivity index (χ2n) is 7.29. The van der Waals surface area contributed by atoms with Crippen LogP contribution in [0.3, 0.4) is 0 Å². The van der Waals surface area contributed by atoms with Gasteiger partial charge in [0, 0.05) is 25.7 Å². The third-order valence-electron chi connectivity index (χ3n) is 5.17. The Kier molecular flexibility index (Phi) is 5.31. The van der Waals surface area contributed by atoms with Crippen LogP contribution in [-0.4, -0.2) is 34.8 Å². The minimum absolute atomic E-state index is 0.0439. The molecule has 0 bridgehead atoms. The molecular formula is C22H20F2N4O2. The summed E-state index contributed by atoms with van der Waals surface area (Å²) >= 11 is 0. The topological polar surface area (TPSA) is 67.2 Å². The van der Waals surface area contributed by atoms with E-state index in [-0.39, 0.29) is 18.5 Å². The summed E-state index contributed by atoms with van der Waals surface area (Å²) in [5.74, 6) is -1.97. The number of rotatable bonds is 3. The van der Waals surface area contributed by atoms with Gasteiger partial charge in [0.1, 0.15) is 17.7 Å². The van der Waals surface area contributed by atoms with Gasteiger partial charge in [-0.25, -0.2) is 13.6 Å². The number of carbonyl (C=O) groups is 2. The van der Waals surface area contributed by atoms with Crippen molar-refractivity contribution >= 4 is 17.6 Å². The zero-order valence-corrected chi connectivity index (χ0v) is 16.3. The number of anilines is 1. The van der Waals surface area contributed by atoms with Crippen molar-refractivity contribution in [3.8, 4) is 0 Å². The Bertz CT molecular complexity index is 1100. The van der Waals surface area contributed by atoms with E-state index in [1.165, 1.54) is 13.1 Å². The fourth-order valence-corrected chi connectivity index (χ4v) is 3.70. The summed E-state index contributed by atoms with van der Waals surface area (Å²) in [6.45, 7) is 0. The van der Waals surface area contributed by atoms with Gasteiger partial charge in [-0.3, -0.25) is 4.79 Å². The molecule has 6 nitrogen and oxygen atoms in total. The van der Waals surface area contributed by atoms with Crippen molar-refractivity contribution in [1.82, 2.24) is 15.1 Å². The molecule has 30 heavy (non-hydrogen) atoms. The molecule has 8 heteroatoms. The maximum Gasteiger partial charge on any atom is 0.342 e. The molecule has 0 saturated carbocycles. The molecule has 0 saturated heterocycles. The molecule has 1 aliphatic rings. The Balaban J connectivity index is 1.47. The molecule has 1 unspecified atom stereocenters. The number of halogens is 2. The molecular weight excluding hydrogens is 390 g/mol. The van der Waals surface area contributed by atoms with Crippen molar-refractivity contribution in [2.24, 2.45) is 0 Å². The Morgan fingerprint density at radius 2 is 1.97 bits per heavy atom. The van der Waals surface area contributed by atoms with Crippen molar-refractivity contribution in [3.63, 3.8) is 0 Å². The average molecular weight is 410 g/mol. The van der Waals surface area contributed by atoms with Crippen LogP contribution in [0.5, 0.6) is 0 Å². The number of benzene rings is 2. The minimum atomic E-state index is -0.876. The smallest absolute Gasteiger partial charge is 0.324 e. The monoisotopic (exact) mass is 410 g/mol. The van der Waals surface area contributed by atoms with Crippen LogP contribution in [-0.2, 0) is 17.6 Å². The molecule has 3 aromatic rings. The van der Waals surface area contributed by atoms with Gasteiger partial charge in [-0.05, 0) is 35.6 Å². The highest BCUT2D eigenvalue weighted by molar-refractivity contribution is 6.00. The second-order valence-corrected chi connectivity index (χ2v) is 7.29. The van der Waals surface area contributed by atoms with Gasteiger partial charge in [0.05, 0.1) is 11.9 Å². The maximum atomic E-state index is 14.2. The van der Waals surface area contributed by atoms with Crippen LogP contribution < -0.4 is 10.2 Å². The van der Waals surface area contributed by atoms with E-state index in [1.807, 2.05) is 30.3 Å². The van der Waals surface area contributed by atoms with Crippen LogP contribution in [0.4, 0.5) is 19.3 Å². The summed E-state index contributed by atoms with van der Waals surface area (Å²) in [4.78, 5) is 26.5. The highest BCUT2D eigenvalue weighted by Gasteiger charge is 2.31. The molecule has 2 heterocycles. The van der Waals surface area contributed by atoms with Crippen LogP contribution in [0.25, 0.3) is 0 Å². The second kappa shape index (κ2) is 8.06.